The van der Waals surface area contributed by atoms with Crippen molar-refractivity contribution in [3.05, 3.63) is 30.1 Å². The molecule has 0 aromatic heterocycles. The highest BCUT2D eigenvalue weighted by Crippen LogP contribution is 2.21. The molecule has 0 radical (unpaired) electrons. The van der Waals surface area contributed by atoms with Crippen molar-refractivity contribution >= 4 is 11.8 Å². The first-order valence-electron chi connectivity index (χ1n) is 6.77. The molecule has 1 N–H and O–H groups in total. The van der Waals surface area contributed by atoms with Gasteiger partial charge >= 0.3 is 0 Å². The van der Waals surface area contributed by atoms with Crippen molar-refractivity contribution in [3.63, 3.8) is 0 Å². The molecular weight excluding hydrogens is 245 g/mol. The second kappa shape index (κ2) is 8.54. The molecule has 0 fully saturated rings. The first-order valence-corrected chi connectivity index (χ1v) is 7.76. The predicted molar refractivity (Wildman–Crippen MR) is 78.7 cm³/mol. The lowest BCUT2D eigenvalue weighted by atomic mass is 10.0. The molecule has 0 aliphatic rings. The molecule has 1 rings (SSSR count). The minimum atomic E-state index is -0.165. The largest absolute Gasteiger partial charge is 0.313 e. The molecular formula is C15H24FNS. The first kappa shape index (κ1) is 15.5. The highest BCUT2D eigenvalue weighted by Gasteiger charge is 2.11. The predicted octanol–water partition coefficient (Wildman–Crippen LogP) is 4.33. The van der Waals surface area contributed by atoms with Crippen LogP contribution in [0.15, 0.2) is 29.2 Å². The van der Waals surface area contributed by atoms with E-state index < -0.39 is 0 Å². The Labute approximate surface area is 115 Å². The molecule has 1 aromatic carbocycles. The lowest BCUT2D eigenvalue weighted by molar-refractivity contribution is 0.423. The van der Waals surface area contributed by atoms with Crippen molar-refractivity contribution in [2.45, 2.75) is 44.6 Å². The van der Waals surface area contributed by atoms with E-state index in [9.17, 15) is 4.39 Å². The summed E-state index contributed by atoms with van der Waals surface area (Å²) in [6.45, 7) is 7.69. The zero-order valence-electron chi connectivity index (χ0n) is 11.6. The Balaban J connectivity index is 2.43. The molecule has 0 aliphatic carbocycles. The van der Waals surface area contributed by atoms with Crippen LogP contribution in [0.5, 0.6) is 0 Å². The van der Waals surface area contributed by atoms with E-state index >= 15 is 0 Å². The van der Waals surface area contributed by atoms with Gasteiger partial charge in [0.05, 0.1) is 0 Å². The van der Waals surface area contributed by atoms with Gasteiger partial charge < -0.3 is 5.32 Å². The standard InChI is InChI=1S/C15H24FNS/c1-4-12(3)10-14(17-5-2)11-18-15-8-6-13(16)7-9-15/h6-9,12,14,17H,4-5,10-11H2,1-3H3. The van der Waals surface area contributed by atoms with Gasteiger partial charge in [-0.3, -0.25) is 0 Å². The van der Waals surface area contributed by atoms with Crippen molar-refractivity contribution in [2.24, 2.45) is 5.92 Å². The number of hydrogen-bond acceptors (Lipinski definition) is 2. The molecule has 0 spiro atoms. The van der Waals surface area contributed by atoms with E-state index in [0.717, 1.165) is 23.1 Å². The van der Waals surface area contributed by atoms with Gasteiger partial charge in [-0.2, -0.15) is 0 Å². The van der Waals surface area contributed by atoms with Crippen LogP contribution in [0.3, 0.4) is 0 Å². The summed E-state index contributed by atoms with van der Waals surface area (Å²) >= 11 is 1.80. The molecule has 3 heteroatoms. The molecule has 18 heavy (non-hydrogen) atoms. The monoisotopic (exact) mass is 269 g/mol. The van der Waals surface area contributed by atoms with Gasteiger partial charge in [0, 0.05) is 16.7 Å². The zero-order valence-corrected chi connectivity index (χ0v) is 12.4. The second-order valence-corrected chi connectivity index (χ2v) is 5.86. The van der Waals surface area contributed by atoms with E-state index in [-0.39, 0.29) is 5.82 Å². The van der Waals surface area contributed by atoms with E-state index in [1.807, 2.05) is 12.1 Å². The summed E-state index contributed by atoms with van der Waals surface area (Å²) in [6, 6.07) is 7.30. The van der Waals surface area contributed by atoms with Gasteiger partial charge in [-0.05, 0) is 43.1 Å². The van der Waals surface area contributed by atoms with Crippen LogP contribution in [0.4, 0.5) is 4.39 Å². The van der Waals surface area contributed by atoms with Crippen molar-refractivity contribution in [3.8, 4) is 0 Å². The maximum Gasteiger partial charge on any atom is 0.123 e. The van der Waals surface area contributed by atoms with E-state index in [4.69, 9.17) is 0 Å². The van der Waals surface area contributed by atoms with Gasteiger partial charge in [-0.15, -0.1) is 11.8 Å². The molecule has 0 saturated heterocycles. The van der Waals surface area contributed by atoms with Crippen LogP contribution in [0, 0.1) is 11.7 Å². The Kier molecular flexibility index (Phi) is 7.36. The molecule has 0 heterocycles. The van der Waals surface area contributed by atoms with Crippen LogP contribution in [-0.4, -0.2) is 18.3 Å². The summed E-state index contributed by atoms with van der Waals surface area (Å²) in [6.07, 6.45) is 2.43. The van der Waals surface area contributed by atoms with Crippen molar-refractivity contribution < 1.29 is 4.39 Å². The van der Waals surface area contributed by atoms with Gasteiger partial charge in [-0.25, -0.2) is 4.39 Å². The summed E-state index contributed by atoms with van der Waals surface area (Å²) < 4.78 is 12.8. The van der Waals surface area contributed by atoms with Crippen LogP contribution >= 0.6 is 11.8 Å². The summed E-state index contributed by atoms with van der Waals surface area (Å²) in [5.74, 6) is 1.63. The SMILES string of the molecule is CCNC(CSc1ccc(F)cc1)CC(C)CC. The lowest BCUT2D eigenvalue weighted by Gasteiger charge is -2.20. The third-order valence-corrected chi connectivity index (χ3v) is 4.32. The number of rotatable bonds is 8. The fraction of sp³-hybridized carbons (Fsp3) is 0.600. The van der Waals surface area contributed by atoms with E-state index in [1.165, 1.54) is 25.0 Å². The van der Waals surface area contributed by atoms with Gasteiger partial charge in [0.2, 0.25) is 0 Å². The Morgan fingerprint density at radius 2 is 1.89 bits per heavy atom. The minimum Gasteiger partial charge on any atom is -0.313 e. The van der Waals surface area contributed by atoms with Crippen LogP contribution in [0.2, 0.25) is 0 Å². The smallest absolute Gasteiger partial charge is 0.123 e. The lowest BCUT2D eigenvalue weighted by Crippen LogP contribution is -2.32. The molecule has 2 atom stereocenters. The van der Waals surface area contributed by atoms with Crippen LogP contribution in [-0.2, 0) is 0 Å². The van der Waals surface area contributed by atoms with Gasteiger partial charge in [-0.1, -0.05) is 27.2 Å². The van der Waals surface area contributed by atoms with E-state index in [1.54, 1.807) is 11.8 Å². The van der Waals surface area contributed by atoms with Crippen LogP contribution < -0.4 is 5.32 Å². The Bertz CT molecular complexity index is 326. The molecule has 1 nitrogen and oxygen atoms in total. The third-order valence-electron chi connectivity index (χ3n) is 3.14. The fourth-order valence-corrected chi connectivity index (χ4v) is 2.86. The Morgan fingerprint density at radius 1 is 1.22 bits per heavy atom. The van der Waals surface area contributed by atoms with Gasteiger partial charge in [0.25, 0.3) is 0 Å². The second-order valence-electron chi connectivity index (χ2n) is 4.77. The number of nitrogens with one attached hydrogen (secondary N) is 1. The summed E-state index contributed by atoms with van der Waals surface area (Å²) in [4.78, 5) is 1.14. The minimum absolute atomic E-state index is 0.165. The highest BCUT2D eigenvalue weighted by atomic mass is 32.2. The number of halogens is 1. The molecule has 0 amide bonds. The summed E-state index contributed by atoms with van der Waals surface area (Å²) in [7, 11) is 0. The Morgan fingerprint density at radius 3 is 2.44 bits per heavy atom. The number of benzene rings is 1. The normalized spacial score (nSPS) is 14.4. The summed E-state index contributed by atoms with van der Waals surface area (Å²) in [5.41, 5.74) is 0. The number of thioether (sulfide) groups is 1. The molecule has 1 aromatic rings. The maximum atomic E-state index is 12.8. The van der Waals surface area contributed by atoms with Gasteiger partial charge in [0.15, 0.2) is 0 Å². The highest BCUT2D eigenvalue weighted by molar-refractivity contribution is 7.99. The average Bonchev–Trinajstić information content (AvgIpc) is 2.38. The topological polar surface area (TPSA) is 12.0 Å². The zero-order chi connectivity index (χ0) is 13.4. The van der Waals surface area contributed by atoms with Crippen LogP contribution in [0.1, 0.15) is 33.6 Å². The average molecular weight is 269 g/mol. The van der Waals surface area contributed by atoms with Crippen molar-refractivity contribution in [2.75, 3.05) is 12.3 Å². The van der Waals surface area contributed by atoms with E-state index in [0.29, 0.717) is 6.04 Å². The quantitative estimate of drug-likeness (QED) is 0.705. The molecule has 0 saturated carbocycles. The molecule has 2 unspecified atom stereocenters. The molecule has 102 valence electrons. The molecule has 0 bridgehead atoms. The fourth-order valence-electron chi connectivity index (χ4n) is 1.88. The first-order chi connectivity index (χ1) is 8.65. The molecule has 0 aliphatic heterocycles. The summed E-state index contributed by atoms with van der Waals surface area (Å²) in [5, 5.41) is 3.53. The van der Waals surface area contributed by atoms with Crippen LogP contribution in [0.25, 0.3) is 0 Å². The van der Waals surface area contributed by atoms with Crippen molar-refractivity contribution in [1.29, 1.82) is 0 Å². The number of hydrogen-bond donors (Lipinski definition) is 1. The van der Waals surface area contributed by atoms with Crippen molar-refractivity contribution in [1.82, 2.24) is 5.32 Å². The third kappa shape index (κ3) is 5.87. The maximum absolute atomic E-state index is 12.8. The van der Waals surface area contributed by atoms with E-state index in [2.05, 4.69) is 26.1 Å². The van der Waals surface area contributed by atoms with Gasteiger partial charge in [0.1, 0.15) is 5.82 Å². The Hall–Kier alpha value is -0.540.